The molecule has 94 valence electrons. The number of hydrogen-bond acceptors (Lipinski definition) is 3. The number of aromatic hydroxyl groups is 1. The Morgan fingerprint density at radius 2 is 2.06 bits per heavy atom. The number of phenolic OH excluding ortho intramolecular Hbond substituents is 1. The van der Waals surface area contributed by atoms with Crippen LogP contribution >= 0.6 is 11.6 Å². The van der Waals surface area contributed by atoms with Gasteiger partial charge in [-0.25, -0.2) is 4.79 Å². The Balaban J connectivity index is 2.53. The van der Waals surface area contributed by atoms with Crippen LogP contribution in [0.5, 0.6) is 5.75 Å². The second-order valence-electron chi connectivity index (χ2n) is 4.67. The van der Waals surface area contributed by atoms with Gasteiger partial charge in [-0.2, -0.15) is 0 Å². The van der Waals surface area contributed by atoms with Gasteiger partial charge in [0.2, 0.25) is 0 Å². The summed E-state index contributed by atoms with van der Waals surface area (Å²) in [5, 5.41) is 12.3. The lowest BCUT2D eigenvalue weighted by molar-refractivity contribution is 0.0523. The van der Waals surface area contributed by atoms with Crippen molar-refractivity contribution in [1.82, 2.24) is 5.32 Å². The third-order valence-electron chi connectivity index (χ3n) is 1.78. The summed E-state index contributed by atoms with van der Waals surface area (Å²) in [5.74, 6) is 0.0680. The van der Waals surface area contributed by atoms with Crippen LogP contribution in [0, 0.1) is 0 Å². The van der Waals surface area contributed by atoms with Gasteiger partial charge in [-0.1, -0.05) is 11.6 Å². The smallest absolute Gasteiger partial charge is 0.407 e. The summed E-state index contributed by atoms with van der Waals surface area (Å²) in [7, 11) is 0. The Morgan fingerprint density at radius 3 is 2.59 bits per heavy atom. The van der Waals surface area contributed by atoms with E-state index in [0.717, 1.165) is 0 Å². The molecular formula is C12H16ClNO3. The van der Waals surface area contributed by atoms with E-state index in [-0.39, 0.29) is 12.3 Å². The average molecular weight is 258 g/mol. The van der Waals surface area contributed by atoms with Crippen molar-refractivity contribution in [3.8, 4) is 5.75 Å². The minimum absolute atomic E-state index is 0.0680. The number of benzene rings is 1. The van der Waals surface area contributed by atoms with Crippen molar-refractivity contribution in [2.24, 2.45) is 0 Å². The lowest BCUT2D eigenvalue weighted by atomic mass is 10.2. The number of rotatable bonds is 2. The van der Waals surface area contributed by atoms with Gasteiger partial charge in [-0.05, 0) is 44.5 Å². The summed E-state index contributed by atoms with van der Waals surface area (Å²) in [4.78, 5) is 11.4. The van der Waals surface area contributed by atoms with Gasteiger partial charge >= 0.3 is 6.09 Å². The van der Waals surface area contributed by atoms with Crippen LogP contribution in [0.3, 0.4) is 0 Å². The third-order valence-corrected chi connectivity index (χ3v) is 2.00. The normalized spacial score (nSPS) is 11.1. The molecule has 1 aromatic rings. The minimum Gasteiger partial charge on any atom is -0.508 e. The van der Waals surface area contributed by atoms with Gasteiger partial charge in [0.25, 0.3) is 0 Å². The van der Waals surface area contributed by atoms with Crippen molar-refractivity contribution in [2.45, 2.75) is 32.9 Å². The molecule has 0 radical (unpaired) electrons. The quantitative estimate of drug-likeness (QED) is 0.856. The summed E-state index contributed by atoms with van der Waals surface area (Å²) in [6, 6.07) is 4.63. The van der Waals surface area contributed by atoms with Crippen molar-refractivity contribution in [1.29, 1.82) is 0 Å². The van der Waals surface area contributed by atoms with Crippen LogP contribution in [0.15, 0.2) is 18.2 Å². The molecule has 0 bridgehead atoms. The second-order valence-corrected chi connectivity index (χ2v) is 5.11. The predicted molar refractivity (Wildman–Crippen MR) is 66.2 cm³/mol. The number of ether oxygens (including phenoxy) is 1. The van der Waals surface area contributed by atoms with E-state index in [1.54, 1.807) is 26.8 Å². The van der Waals surface area contributed by atoms with E-state index >= 15 is 0 Å². The molecule has 17 heavy (non-hydrogen) atoms. The standard InChI is InChI=1S/C12H16ClNO3/c1-12(2,3)17-11(16)14-7-8-4-9(13)6-10(15)5-8/h4-6,15H,7H2,1-3H3,(H,14,16). The van der Waals surface area contributed by atoms with Crippen molar-refractivity contribution in [3.05, 3.63) is 28.8 Å². The van der Waals surface area contributed by atoms with Gasteiger partial charge in [0, 0.05) is 11.6 Å². The summed E-state index contributed by atoms with van der Waals surface area (Å²) in [6.07, 6.45) is -0.503. The molecule has 0 aromatic heterocycles. The molecule has 0 unspecified atom stereocenters. The SMILES string of the molecule is CC(C)(C)OC(=O)NCc1cc(O)cc(Cl)c1. The predicted octanol–water partition coefficient (Wildman–Crippen LogP) is 3.07. The molecule has 0 heterocycles. The highest BCUT2D eigenvalue weighted by Crippen LogP contribution is 2.19. The van der Waals surface area contributed by atoms with Gasteiger partial charge in [0.05, 0.1) is 0 Å². The van der Waals surface area contributed by atoms with Crippen LogP contribution < -0.4 is 5.32 Å². The Kier molecular flexibility index (Phi) is 4.23. The zero-order chi connectivity index (χ0) is 13.1. The number of phenols is 1. The van der Waals surface area contributed by atoms with Gasteiger partial charge in [0.1, 0.15) is 11.4 Å². The maximum Gasteiger partial charge on any atom is 0.407 e. The summed E-state index contributed by atoms with van der Waals surface area (Å²) in [5.41, 5.74) is 0.182. The van der Waals surface area contributed by atoms with Crippen LogP contribution in [0.1, 0.15) is 26.3 Å². The highest BCUT2D eigenvalue weighted by molar-refractivity contribution is 6.30. The highest BCUT2D eigenvalue weighted by atomic mass is 35.5. The van der Waals surface area contributed by atoms with Gasteiger partial charge in [0.15, 0.2) is 0 Å². The van der Waals surface area contributed by atoms with E-state index in [1.165, 1.54) is 12.1 Å². The number of nitrogens with one attached hydrogen (secondary N) is 1. The molecule has 0 aliphatic carbocycles. The van der Waals surface area contributed by atoms with E-state index < -0.39 is 11.7 Å². The Morgan fingerprint density at radius 1 is 1.41 bits per heavy atom. The fourth-order valence-corrected chi connectivity index (χ4v) is 1.48. The molecule has 5 heteroatoms. The van der Waals surface area contributed by atoms with Crippen molar-refractivity contribution < 1.29 is 14.6 Å². The maximum absolute atomic E-state index is 11.4. The number of carbonyl (C=O) groups excluding carboxylic acids is 1. The topological polar surface area (TPSA) is 58.6 Å². The molecule has 1 amide bonds. The van der Waals surface area contributed by atoms with Crippen LogP contribution in [0.2, 0.25) is 5.02 Å². The third kappa shape index (κ3) is 5.45. The largest absolute Gasteiger partial charge is 0.508 e. The highest BCUT2D eigenvalue weighted by Gasteiger charge is 2.15. The summed E-state index contributed by atoms with van der Waals surface area (Å²) in [6.45, 7) is 5.62. The van der Waals surface area contributed by atoms with Gasteiger partial charge < -0.3 is 15.2 Å². The van der Waals surface area contributed by atoms with Crippen LogP contribution in [-0.4, -0.2) is 16.8 Å². The molecule has 1 aromatic carbocycles. The first kappa shape index (κ1) is 13.6. The van der Waals surface area contributed by atoms with Crippen molar-refractivity contribution in [2.75, 3.05) is 0 Å². The van der Waals surface area contributed by atoms with E-state index in [2.05, 4.69) is 5.32 Å². The first-order chi connectivity index (χ1) is 7.76. The number of amides is 1. The Hall–Kier alpha value is -1.42. The molecule has 0 saturated carbocycles. The fraction of sp³-hybridized carbons (Fsp3) is 0.417. The van der Waals surface area contributed by atoms with E-state index in [4.69, 9.17) is 16.3 Å². The molecule has 2 N–H and O–H groups in total. The monoisotopic (exact) mass is 257 g/mol. The number of alkyl carbamates (subject to hydrolysis) is 1. The first-order valence-electron chi connectivity index (χ1n) is 5.21. The molecular weight excluding hydrogens is 242 g/mol. The molecule has 0 atom stereocenters. The van der Waals surface area contributed by atoms with Crippen LogP contribution in [0.4, 0.5) is 4.79 Å². The zero-order valence-corrected chi connectivity index (χ0v) is 10.8. The zero-order valence-electron chi connectivity index (χ0n) is 10.1. The molecule has 4 nitrogen and oxygen atoms in total. The van der Waals surface area contributed by atoms with E-state index in [0.29, 0.717) is 10.6 Å². The molecule has 0 aliphatic heterocycles. The molecule has 0 saturated heterocycles. The number of hydrogen-bond donors (Lipinski definition) is 2. The average Bonchev–Trinajstić information content (AvgIpc) is 2.10. The van der Waals surface area contributed by atoms with Gasteiger partial charge in [-0.15, -0.1) is 0 Å². The molecule has 1 rings (SSSR count). The maximum atomic E-state index is 11.4. The molecule has 0 spiro atoms. The molecule has 0 fully saturated rings. The first-order valence-corrected chi connectivity index (χ1v) is 5.59. The lowest BCUT2D eigenvalue weighted by Gasteiger charge is -2.19. The Bertz CT molecular complexity index is 392. The fourth-order valence-electron chi connectivity index (χ4n) is 1.22. The van der Waals surface area contributed by atoms with E-state index in [9.17, 15) is 9.90 Å². The summed E-state index contributed by atoms with van der Waals surface area (Å²) >= 11 is 5.77. The van der Waals surface area contributed by atoms with E-state index in [1.807, 2.05) is 0 Å². The number of halogens is 1. The second kappa shape index (κ2) is 5.27. The van der Waals surface area contributed by atoms with Crippen molar-refractivity contribution >= 4 is 17.7 Å². The van der Waals surface area contributed by atoms with Crippen molar-refractivity contribution in [3.63, 3.8) is 0 Å². The minimum atomic E-state index is -0.527. The number of carbonyl (C=O) groups is 1. The van der Waals surface area contributed by atoms with Crippen LogP contribution in [0.25, 0.3) is 0 Å². The molecule has 0 aliphatic rings. The van der Waals surface area contributed by atoms with Gasteiger partial charge in [-0.3, -0.25) is 0 Å². The lowest BCUT2D eigenvalue weighted by Crippen LogP contribution is -2.32. The summed E-state index contributed by atoms with van der Waals surface area (Å²) < 4.78 is 5.07. The van der Waals surface area contributed by atoms with Crippen LogP contribution in [-0.2, 0) is 11.3 Å². The Labute approximate surface area is 106 Å².